The summed E-state index contributed by atoms with van der Waals surface area (Å²) in [7, 11) is 2.10. The molecule has 1 aromatic heterocycles. The van der Waals surface area contributed by atoms with Crippen LogP contribution in [0.4, 0.5) is 5.82 Å². The minimum absolute atomic E-state index is 0.246. The van der Waals surface area contributed by atoms with Crippen LogP contribution in [0.3, 0.4) is 0 Å². The molecule has 0 bridgehead atoms. The average molecular weight is 236 g/mol. The molecule has 0 spiro atoms. The third kappa shape index (κ3) is 3.13. The highest BCUT2D eigenvalue weighted by atomic mass is 16.5. The number of rotatable bonds is 2. The Morgan fingerprint density at radius 2 is 1.94 bits per heavy atom. The van der Waals surface area contributed by atoms with Gasteiger partial charge in [0.05, 0.1) is 0 Å². The second-order valence-corrected chi connectivity index (χ2v) is 4.11. The lowest BCUT2D eigenvalue weighted by molar-refractivity contribution is -0.132. The number of anilines is 1. The van der Waals surface area contributed by atoms with E-state index in [0.717, 1.165) is 32.0 Å². The molecule has 92 valence electrons. The maximum atomic E-state index is 10.7. The van der Waals surface area contributed by atoms with Crippen molar-refractivity contribution >= 4 is 11.8 Å². The Labute approximate surface area is 100 Å². The van der Waals surface area contributed by atoms with Gasteiger partial charge in [0, 0.05) is 39.2 Å². The van der Waals surface area contributed by atoms with Gasteiger partial charge in [-0.05, 0) is 13.1 Å². The van der Waals surface area contributed by atoms with Crippen molar-refractivity contribution in [2.24, 2.45) is 0 Å². The first-order valence-corrected chi connectivity index (χ1v) is 5.61. The van der Waals surface area contributed by atoms with Gasteiger partial charge >= 0.3 is 5.97 Å². The molecule has 0 aromatic carbocycles. The molecule has 17 heavy (non-hydrogen) atoms. The normalized spacial score (nSPS) is 16.9. The Kier molecular flexibility index (Phi) is 3.53. The summed E-state index contributed by atoms with van der Waals surface area (Å²) in [5.74, 6) is 0.691. The molecule has 0 amide bonds. The van der Waals surface area contributed by atoms with Crippen molar-refractivity contribution in [3.63, 3.8) is 0 Å². The molecule has 0 aliphatic carbocycles. The van der Waals surface area contributed by atoms with Crippen molar-refractivity contribution in [2.45, 2.75) is 6.92 Å². The van der Waals surface area contributed by atoms with E-state index in [2.05, 4.69) is 27.0 Å². The molecule has 6 nitrogen and oxygen atoms in total. The minimum atomic E-state index is -0.383. The average Bonchev–Trinajstić information content (AvgIpc) is 2.30. The molecule has 0 radical (unpaired) electrons. The summed E-state index contributed by atoms with van der Waals surface area (Å²) < 4.78 is 4.83. The van der Waals surface area contributed by atoms with Crippen molar-refractivity contribution in [2.75, 3.05) is 38.1 Å². The number of hydrogen-bond acceptors (Lipinski definition) is 6. The van der Waals surface area contributed by atoms with E-state index < -0.39 is 0 Å². The fourth-order valence-corrected chi connectivity index (χ4v) is 1.72. The van der Waals surface area contributed by atoms with Gasteiger partial charge in [-0.15, -0.1) is 10.2 Å². The van der Waals surface area contributed by atoms with Crippen molar-refractivity contribution in [1.82, 2.24) is 15.1 Å². The summed E-state index contributed by atoms with van der Waals surface area (Å²) in [4.78, 5) is 15.2. The van der Waals surface area contributed by atoms with Crippen LogP contribution in [0.1, 0.15) is 6.92 Å². The lowest BCUT2D eigenvalue weighted by Gasteiger charge is -2.32. The van der Waals surface area contributed by atoms with Gasteiger partial charge in [-0.3, -0.25) is 4.79 Å². The predicted octanol–water partition coefficient (Wildman–Crippen LogP) is 0.154. The zero-order valence-electron chi connectivity index (χ0n) is 10.1. The van der Waals surface area contributed by atoms with E-state index >= 15 is 0 Å². The van der Waals surface area contributed by atoms with Crippen LogP contribution in [0.25, 0.3) is 0 Å². The number of hydrogen-bond donors (Lipinski definition) is 0. The molecule has 2 rings (SSSR count). The molecule has 1 aliphatic heterocycles. The van der Waals surface area contributed by atoms with E-state index in [9.17, 15) is 4.79 Å². The molecule has 0 atom stereocenters. The van der Waals surface area contributed by atoms with Gasteiger partial charge in [0.15, 0.2) is 5.82 Å². The molecular formula is C11H16N4O2. The first-order valence-electron chi connectivity index (χ1n) is 5.61. The Bertz CT molecular complexity index is 385. The number of carbonyl (C=O) groups is 1. The third-order valence-corrected chi connectivity index (χ3v) is 2.70. The number of nitrogens with zero attached hydrogens (tertiary/aromatic N) is 4. The summed E-state index contributed by atoms with van der Waals surface area (Å²) in [6.07, 6.45) is 0. The van der Waals surface area contributed by atoms with Crippen LogP contribution in [0.5, 0.6) is 5.88 Å². The molecule has 1 fully saturated rings. The van der Waals surface area contributed by atoms with Crippen LogP contribution < -0.4 is 9.64 Å². The van der Waals surface area contributed by atoms with E-state index in [4.69, 9.17) is 4.74 Å². The van der Waals surface area contributed by atoms with Crippen molar-refractivity contribution < 1.29 is 9.53 Å². The van der Waals surface area contributed by atoms with Crippen molar-refractivity contribution in [3.8, 4) is 5.88 Å². The second kappa shape index (κ2) is 5.09. The van der Waals surface area contributed by atoms with Crippen LogP contribution in [0, 0.1) is 0 Å². The molecule has 1 saturated heterocycles. The van der Waals surface area contributed by atoms with E-state index in [-0.39, 0.29) is 11.8 Å². The number of ether oxygens (including phenoxy) is 1. The van der Waals surface area contributed by atoms with Gasteiger partial charge in [0.1, 0.15) is 0 Å². The van der Waals surface area contributed by atoms with Crippen molar-refractivity contribution in [3.05, 3.63) is 12.1 Å². The molecule has 1 aromatic rings. The zero-order chi connectivity index (χ0) is 12.3. The Morgan fingerprint density at radius 3 is 2.47 bits per heavy atom. The van der Waals surface area contributed by atoms with Crippen LogP contribution in [-0.4, -0.2) is 54.3 Å². The van der Waals surface area contributed by atoms with E-state index in [0.29, 0.717) is 0 Å². The molecular weight excluding hydrogens is 220 g/mol. The minimum Gasteiger partial charge on any atom is -0.406 e. The van der Waals surface area contributed by atoms with Gasteiger partial charge in [-0.25, -0.2) is 0 Å². The van der Waals surface area contributed by atoms with Crippen LogP contribution in [0.2, 0.25) is 0 Å². The SMILES string of the molecule is CC(=O)Oc1ccc(N2CCN(C)CC2)nn1. The van der Waals surface area contributed by atoms with Crippen LogP contribution in [0.15, 0.2) is 12.1 Å². The fraction of sp³-hybridized carbons (Fsp3) is 0.545. The summed E-state index contributed by atoms with van der Waals surface area (Å²) in [5, 5.41) is 7.93. The third-order valence-electron chi connectivity index (χ3n) is 2.70. The lowest BCUT2D eigenvalue weighted by Crippen LogP contribution is -2.44. The quantitative estimate of drug-likeness (QED) is 0.681. The number of piperazine rings is 1. The first-order chi connectivity index (χ1) is 8.15. The van der Waals surface area contributed by atoms with Gasteiger partial charge in [0.2, 0.25) is 5.88 Å². The largest absolute Gasteiger partial charge is 0.406 e. The number of likely N-dealkylation sites (N-methyl/N-ethyl adjacent to an activating group) is 1. The van der Waals surface area contributed by atoms with Gasteiger partial charge in [0.25, 0.3) is 0 Å². The van der Waals surface area contributed by atoms with Gasteiger partial charge in [-0.2, -0.15) is 0 Å². The standard InChI is InChI=1S/C11H16N4O2/c1-9(16)17-11-4-3-10(12-13-11)15-7-5-14(2)6-8-15/h3-4H,5-8H2,1-2H3. The molecule has 0 unspecified atom stereocenters. The summed E-state index contributed by atoms with van der Waals surface area (Å²) >= 11 is 0. The Morgan fingerprint density at radius 1 is 1.24 bits per heavy atom. The van der Waals surface area contributed by atoms with Gasteiger partial charge in [-0.1, -0.05) is 0 Å². The van der Waals surface area contributed by atoms with E-state index in [1.165, 1.54) is 6.92 Å². The molecule has 0 N–H and O–H groups in total. The summed E-state index contributed by atoms with van der Waals surface area (Å²) in [6, 6.07) is 3.50. The summed E-state index contributed by atoms with van der Waals surface area (Å²) in [5.41, 5.74) is 0. The van der Waals surface area contributed by atoms with E-state index in [1.54, 1.807) is 6.07 Å². The van der Waals surface area contributed by atoms with Crippen LogP contribution >= 0.6 is 0 Å². The highest BCUT2D eigenvalue weighted by Crippen LogP contribution is 2.14. The number of aromatic nitrogens is 2. The van der Waals surface area contributed by atoms with Crippen molar-refractivity contribution in [1.29, 1.82) is 0 Å². The highest BCUT2D eigenvalue weighted by molar-refractivity contribution is 5.68. The number of esters is 1. The molecule has 0 saturated carbocycles. The first kappa shape index (κ1) is 11.8. The Hall–Kier alpha value is -1.69. The fourth-order valence-electron chi connectivity index (χ4n) is 1.72. The maximum Gasteiger partial charge on any atom is 0.309 e. The summed E-state index contributed by atoms with van der Waals surface area (Å²) in [6.45, 7) is 5.27. The van der Waals surface area contributed by atoms with Gasteiger partial charge < -0.3 is 14.5 Å². The highest BCUT2D eigenvalue weighted by Gasteiger charge is 2.15. The Balaban J connectivity index is 2.00. The smallest absolute Gasteiger partial charge is 0.309 e. The topological polar surface area (TPSA) is 58.6 Å². The lowest BCUT2D eigenvalue weighted by atomic mass is 10.3. The monoisotopic (exact) mass is 236 g/mol. The predicted molar refractivity (Wildman–Crippen MR) is 63.1 cm³/mol. The van der Waals surface area contributed by atoms with E-state index in [1.807, 2.05) is 6.07 Å². The molecule has 1 aliphatic rings. The zero-order valence-corrected chi connectivity index (χ0v) is 10.1. The molecule has 6 heteroatoms. The van der Waals surface area contributed by atoms with Crippen LogP contribution in [-0.2, 0) is 4.79 Å². The second-order valence-electron chi connectivity index (χ2n) is 4.11. The molecule has 2 heterocycles. The number of carbonyl (C=O) groups excluding carboxylic acids is 1. The maximum absolute atomic E-state index is 10.7.